The fourth-order valence-corrected chi connectivity index (χ4v) is 3.68. The van der Waals surface area contributed by atoms with Gasteiger partial charge in [0.2, 0.25) is 5.91 Å². The zero-order valence-electron chi connectivity index (χ0n) is 11.0. The van der Waals surface area contributed by atoms with Gasteiger partial charge in [-0.1, -0.05) is 12.1 Å². The van der Waals surface area contributed by atoms with Gasteiger partial charge in [-0.3, -0.25) is 10.1 Å². The van der Waals surface area contributed by atoms with Crippen molar-refractivity contribution in [3.05, 3.63) is 23.8 Å². The minimum atomic E-state index is -0.0548. The molecule has 0 aromatic heterocycles. The number of nitrogens with zero attached hydrogens (tertiary/aromatic N) is 1. The predicted molar refractivity (Wildman–Crippen MR) is 77.9 cm³/mol. The molecule has 19 heavy (non-hydrogen) atoms. The van der Waals surface area contributed by atoms with Crippen molar-refractivity contribution in [3.63, 3.8) is 0 Å². The van der Waals surface area contributed by atoms with Crippen molar-refractivity contribution in [2.45, 2.75) is 18.9 Å². The molecule has 2 aliphatic rings. The molecule has 0 radical (unpaired) electrons. The lowest BCUT2D eigenvalue weighted by Gasteiger charge is -2.32. The van der Waals surface area contributed by atoms with Gasteiger partial charge in [-0.2, -0.15) is 0 Å². The number of hydrogen-bond donors (Lipinski definition) is 1. The molecule has 5 heteroatoms. The second kappa shape index (κ2) is 5.43. The van der Waals surface area contributed by atoms with Gasteiger partial charge in [0.15, 0.2) is 0 Å². The number of ether oxygens (including phenoxy) is 1. The summed E-state index contributed by atoms with van der Waals surface area (Å²) in [7, 11) is 1.66. The van der Waals surface area contributed by atoms with Gasteiger partial charge in [0.1, 0.15) is 5.75 Å². The Hall–Kier alpha value is -1.20. The molecule has 1 amide bonds. The molecule has 0 spiro atoms. The number of hydrogen-bond acceptors (Lipinski definition) is 4. The van der Waals surface area contributed by atoms with Crippen molar-refractivity contribution in [2.24, 2.45) is 0 Å². The summed E-state index contributed by atoms with van der Waals surface area (Å²) < 4.78 is 5.44. The van der Waals surface area contributed by atoms with Crippen molar-refractivity contribution < 1.29 is 9.53 Å². The van der Waals surface area contributed by atoms with Crippen LogP contribution < -0.4 is 15.0 Å². The highest BCUT2D eigenvalue weighted by atomic mass is 32.2. The fraction of sp³-hybridized carbons (Fsp3) is 0.500. The maximum atomic E-state index is 12.6. The molecule has 1 atom stereocenters. The van der Waals surface area contributed by atoms with E-state index in [0.29, 0.717) is 0 Å². The highest BCUT2D eigenvalue weighted by Gasteiger charge is 2.32. The quantitative estimate of drug-likeness (QED) is 0.893. The summed E-state index contributed by atoms with van der Waals surface area (Å²) in [6.45, 7) is 0.787. The lowest BCUT2D eigenvalue weighted by molar-refractivity contribution is -0.120. The second-order valence-corrected chi connectivity index (χ2v) is 5.86. The molecule has 1 aromatic carbocycles. The molecule has 4 nitrogen and oxygen atoms in total. The molecule has 0 bridgehead atoms. The van der Waals surface area contributed by atoms with E-state index >= 15 is 0 Å². The lowest BCUT2D eigenvalue weighted by atomic mass is 10.00. The van der Waals surface area contributed by atoms with Gasteiger partial charge in [-0.25, -0.2) is 0 Å². The molecule has 2 heterocycles. The summed E-state index contributed by atoms with van der Waals surface area (Å²) in [5, 5.41) is 3.25. The molecule has 102 valence electrons. The average molecular weight is 278 g/mol. The van der Waals surface area contributed by atoms with E-state index in [0.717, 1.165) is 42.5 Å². The third-order valence-electron chi connectivity index (χ3n) is 3.68. The van der Waals surface area contributed by atoms with E-state index in [4.69, 9.17) is 4.74 Å². The van der Waals surface area contributed by atoms with Crippen molar-refractivity contribution in [1.29, 1.82) is 0 Å². The van der Waals surface area contributed by atoms with Crippen LogP contribution in [0.15, 0.2) is 18.2 Å². The Morgan fingerprint density at radius 3 is 3.16 bits per heavy atom. The Balaban J connectivity index is 1.94. The summed E-state index contributed by atoms with van der Waals surface area (Å²) in [5.74, 6) is 2.70. The maximum absolute atomic E-state index is 12.6. The van der Waals surface area contributed by atoms with E-state index < -0.39 is 0 Å². The summed E-state index contributed by atoms with van der Waals surface area (Å²) >= 11 is 1.78. The molecule has 1 N–H and O–H groups in total. The SMILES string of the molecule is COc1cccc2c1N(C(=O)C1CSCN1)CCC2. The van der Waals surface area contributed by atoms with Gasteiger partial charge in [0.05, 0.1) is 18.8 Å². The first-order chi connectivity index (χ1) is 9.31. The number of fused-ring (bicyclic) bond motifs is 1. The number of carbonyl (C=O) groups excluding carboxylic acids is 1. The van der Waals surface area contributed by atoms with Crippen molar-refractivity contribution in [1.82, 2.24) is 5.32 Å². The van der Waals surface area contributed by atoms with E-state index in [9.17, 15) is 4.79 Å². The van der Waals surface area contributed by atoms with Crippen LogP contribution >= 0.6 is 11.8 Å². The third kappa shape index (κ3) is 2.32. The molecule has 1 fully saturated rings. The van der Waals surface area contributed by atoms with Gasteiger partial charge >= 0.3 is 0 Å². The van der Waals surface area contributed by atoms with Crippen LogP contribution in [-0.2, 0) is 11.2 Å². The molecule has 1 unspecified atom stereocenters. The number of amides is 1. The molecule has 0 saturated carbocycles. The largest absolute Gasteiger partial charge is 0.495 e. The summed E-state index contributed by atoms with van der Waals surface area (Å²) in [6, 6.07) is 5.96. The van der Waals surface area contributed by atoms with E-state index in [2.05, 4.69) is 11.4 Å². The number of benzene rings is 1. The number of aryl methyl sites for hydroxylation is 1. The van der Waals surface area contributed by atoms with Crippen LogP contribution in [0.2, 0.25) is 0 Å². The number of methoxy groups -OCH3 is 1. The minimum absolute atomic E-state index is 0.0548. The predicted octanol–water partition coefficient (Wildman–Crippen LogP) is 1.64. The Labute approximate surface area is 117 Å². The van der Waals surface area contributed by atoms with Crippen LogP contribution in [0.1, 0.15) is 12.0 Å². The summed E-state index contributed by atoms with van der Waals surface area (Å²) in [4.78, 5) is 14.5. The minimum Gasteiger partial charge on any atom is -0.495 e. The fourth-order valence-electron chi connectivity index (χ4n) is 2.74. The molecule has 3 rings (SSSR count). The van der Waals surface area contributed by atoms with E-state index in [-0.39, 0.29) is 11.9 Å². The van der Waals surface area contributed by atoms with Crippen LogP contribution in [0.25, 0.3) is 0 Å². The monoisotopic (exact) mass is 278 g/mol. The molecular weight excluding hydrogens is 260 g/mol. The van der Waals surface area contributed by atoms with Crippen LogP contribution in [0, 0.1) is 0 Å². The maximum Gasteiger partial charge on any atom is 0.245 e. The highest BCUT2D eigenvalue weighted by Crippen LogP contribution is 2.36. The first-order valence-electron chi connectivity index (χ1n) is 6.59. The van der Waals surface area contributed by atoms with Gasteiger partial charge in [-0.15, -0.1) is 11.8 Å². The van der Waals surface area contributed by atoms with Crippen LogP contribution in [0.3, 0.4) is 0 Å². The second-order valence-electron chi connectivity index (χ2n) is 4.83. The van der Waals surface area contributed by atoms with Gasteiger partial charge < -0.3 is 9.64 Å². The van der Waals surface area contributed by atoms with Gasteiger partial charge in [0, 0.05) is 18.2 Å². The van der Waals surface area contributed by atoms with E-state index in [1.54, 1.807) is 18.9 Å². The van der Waals surface area contributed by atoms with Gasteiger partial charge in [-0.05, 0) is 24.5 Å². The third-order valence-corrected chi connectivity index (χ3v) is 4.62. The molecule has 1 saturated heterocycles. The van der Waals surface area contributed by atoms with Crippen molar-refractivity contribution in [2.75, 3.05) is 30.2 Å². The number of para-hydroxylation sites is 1. The topological polar surface area (TPSA) is 41.6 Å². The number of nitrogens with one attached hydrogen (secondary N) is 1. The molecule has 1 aromatic rings. The van der Waals surface area contributed by atoms with Crippen molar-refractivity contribution >= 4 is 23.4 Å². The number of anilines is 1. The van der Waals surface area contributed by atoms with Crippen LogP contribution in [-0.4, -0.2) is 37.2 Å². The standard InChI is InChI=1S/C14H18N2O2S/c1-18-12-6-2-4-10-5-3-7-16(13(10)12)14(17)11-8-19-9-15-11/h2,4,6,11,15H,3,5,7-9H2,1H3. The summed E-state index contributed by atoms with van der Waals surface area (Å²) in [5.41, 5.74) is 2.18. The Kier molecular flexibility index (Phi) is 3.66. The first-order valence-corrected chi connectivity index (χ1v) is 7.75. The first kappa shape index (κ1) is 12.8. The van der Waals surface area contributed by atoms with Crippen LogP contribution in [0.5, 0.6) is 5.75 Å². The summed E-state index contributed by atoms with van der Waals surface area (Å²) in [6.07, 6.45) is 2.04. The number of carbonyl (C=O) groups is 1. The zero-order chi connectivity index (χ0) is 13.2. The molecule has 2 aliphatic heterocycles. The number of thioether (sulfide) groups is 1. The normalized spacial score (nSPS) is 22.2. The highest BCUT2D eigenvalue weighted by molar-refractivity contribution is 7.99. The smallest absolute Gasteiger partial charge is 0.245 e. The Bertz CT molecular complexity index is 472. The number of rotatable bonds is 2. The zero-order valence-corrected chi connectivity index (χ0v) is 11.8. The Morgan fingerprint density at radius 1 is 1.53 bits per heavy atom. The van der Waals surface area contributed by atoms with Crippen LogP contribution in [0.4, 0.5) is 5.69 Å². The van der Waals surface area contributed by atoms with E-state index in [1.807, 2.05) is 17.0 Å². The molecular formula is C14H18N2O2S. The van der Waals surface area contributed by atoms with Crippen molar-refractivity contribution in [3.8, 4) is 5.75 Å². The Morgan fingerprint density at radius 2 is 2.42 bits per heavy atom. The van der Waals surface area contributed by atoms with E-state index in [1.165, 1.54) is 5.56 Å². The molecule has 0 aliphatic carbocycles. The average Bonchev–Trinajstić information content (AvgIpc) is 2.99. The van der Waals surface area contributed by atoms with Gasteiger partial charge in [0.25, 0.3) is 0 Å². The lowest BCUT2D eigenvalue weighted by Crippen LogP contribution is -2.47.